The van der Waals surface area contributed by atoms with Crippen molar-refractivity contribution in [2.75, 3.05) is 42.6 Å². The van der Waals surface area contributed by atoms with Crippen molar-refractivity contribution < 1.29 is 0 Å². The lowest BCUT2D eigenvalue weighted by molar-refractivity contribution is 0.167. The van der Waals surface area contributed by atoms with Gasteiger partial charge in [-0.1, -0.05) is 0 Å². The van der Waals surface area contributed by atoms with Crippen molar-refractivity contribution in [2.45, 2.75) is 18.9 Å². The summed E-state index contributed by atoms with van der Waals surface area (Å²) in [7, 11) is 0. The zero-order chi connectivity index (χ0) is 10.5. The number of hydrogen-bond acceptors (Lipinski definition) is 4. The Morgan fingerprint density at radius 3 is 2.87 bits per heavy atom. The van der Waals surface area contributed by atoms with Gasteiger partial charge in [-0.3, -0.25) is 4.90 Å². The molecule has 0 aromatic heterocycles. The molecule has 0 radical (unpaired) electrons. The lowest BCUT2D eigenvalue weighted by atomic mass is 9.97. The predicted octanol–water partition coefficient (Wildman–Crippen LogP) is 1.51. The van der Waals surface area contributed by atoms with E-state index in [-0.39, 0.29) is 0 Å². The topological polar surface area (TPSA) is 29.3 Å². The van der Waals surface area contributed by atoms with E-state index in [4.69, 9.17) is 5.73 Å². The van der Waals surface area contributed by atoms with Crippen LogP contribution in [0.5, 0.6) is 0 Å². The molecule has 0 saturated carbocycles. The van der Waals surface area contributed by atoms with Gasteiger partial charge >= 0.3 is 0 Å². The highest BCUT2D eigenvalue weighted by molar-refractivity contribution is 7.99. The van der Waals surface area contributed by atoms with E-state index in [1.165, 1.54) is 48.9 Å². The Bertz CT molecular complexity index is 175. The van der Waals surface area contributed by atoms with Gasteiger partial charge in [0, 0.05) is 24.9 Å². The molecule has 0 spiro atoms. The minimum atomic E-state index is 0.665. The summed E-state index contributed by atoms with van der Waals surface area (Å²) in [5, 5.41) is 0. The lowest BCUT2D eigenvalue weighted by Gasteiger charge is -2.33. The predicted molar refractivity (Wildman–Crippen MR) is 71.8 cm³/mol. The van der Waals surface area contributed by atoms with Gasteiger partial charge in [-0.15, -0.1) is 0 Å². The quantitative estimate of drug-likeness (QED) is 0.817. The molecule has 2 unspecified atom stereocenters. The minimum Gasteiger partial charge on any atom is -0.329 e. The van der Waals surface area contributed by atoms with Crippen molar-refractivity contribution in [2.24, 2.45) is 11.7 Å². The number of thioether (sulfide) groups is 2. The average Bonchev–Trinajstić information content (AvgIpc) is 2.63. The van der Waals surface area contributed by atoms with Gasteiger partial charge in [-0.2, -0.15) is 23.5 Å². The Balaban J connectivity index is 1.91. The Hall–Kier alpha value is 0.620. The maximum Gasteiger partial charge on any atom is 0.0255 e. The van der Waals surface area contributed by atoms with Crippen molar-refractivity contribution in [3.05, 3.63) is 0 Å². The smallest absolute Gasteiger partial charge is 0.0255 e. The van der Waals surface area contributed by atoms with Crippen LogP contribution >= 0.6 is 23.5 Å². The molecule has 2 aliphatic rings. The Morgan fingerprint density at radius 1 is 1.20 bits per heavy atom. The average molecular weight is 246 g/mol. The molecule has 2 heterocycles. The first-order valence-corrected chi connectivity index (χ1v) is 8.32. The van der Waals surface area contributed by atoms with Gasteiger partial charge in [0.1, 0.15) is 0 Å². The number of rotatable bonds is 3. The molecule has 2 aliphatic heterocycles. The van der Waals surface area contributed by atoms with E-state index in [1.54, 1.807) is 0 Å². The van der Waals surface area contributed by atoms with Crippen LogP contribution < -0.4 is 5.73 Å². The summed E-state index contributed by atoms with van der Waals surface area (Å²) in [5.74, 6) is 6.20. The Kier molecular flexibility index (Phi) is 5.14. The largest absolute Gasteiger partial charge is 0.329 e. The van der Waals surface area contributed by atoms with Gasteiger partial charge in [0.25, 0.3) is 0 Å². The molecule has 88 valence electrons. The Labute approximate surface area is 102 Å². The minimum absolute atomic E-state index is 0.665. The van der Waals surface area contributed by atoms with Crippen molar-refractivity contribution in [1.29, 1.82) is 0 Å². The maximum atomic E-state index is 5.98. The molecule has 15 heavy (non-hydrogen) atoms. The highest BCUT2D eigenvalue weighted by Crippen LogP contribution is 2.29. The molecule has 2 fully saturated rings. The van der Waals surface area contributed by atoms with Crippen LogP contribution in [-0.4, -0.2) is 53.6 Å². The summed E-state index contributed by atoms with van der Waals surface area (Å²) >= 11 is 4.21. The van der Waals surface area contributed by atoms with Gasteiger partial charge in [0.05, 0.1) is 0 Å². The Morgan fingerprint density at radius 2 is 2.13 bits per heavy atom. The van der Waals surface area contributed by atoms with Crippen LogP contribution in [0.4, 0.5) is 0 Å². The fraction of sp³-hybridized carbons (Fsp3) is 1.00. The third-order valence-electron chi connectivity index (χ3n) is 3.48. The van der Waals surface area contributed by atoms with E-state index in [1.807, 2.05) is 0 Å². The standard InChI is InChI=1S/C11H22N2S2/c12-8-11(10-2-6-15-9-10)13-3-1-5-14-7-4-13/h10-11H,1-9,12H2. The second kappa shape index (κ2) is 6.38. The van der Waals surface area contributed by atoms with Gasteiger partial charge in [-0.25, -0.2) is 0 Å². The fourth-order valence-corrected chi connectivity index (χ4v) is 4.82. The molecule has 0 aliphatic carbocycles. The zero-order valence-corrected chi connectivity index (χ0v) is 11.0. The molecule has 2 rings (SSSR count). The van der Waals surface area contributed by atoms with E-state index in [9.17, 15) is 0 Å². The van der Waals surface area contributed by atoms with Crippen LogP contribution in [0.3, 0.4) is 0 Å². The van der Waals surface area contributed by atoms with Crippen molar-refractivity contribution in [3.63, 3.8) is 0 Å². The monoisotopic (exact) mass is 246 g/mol. The second-order valence-electron chi connectivity index (χ2n) is 4.43. The third kappa shape index (κ3) is 3.29. The second-order valence-corrected chi connectivity index (χ2v) is 6.80. The van der Waals surface area contributed by atoms with Gasteiger partial charge in [0.15, 0.2) is 0 Å². The summed E-state index contributed by atoms with van der Waals surface area (Å²) in [6.45, 7) is 3.39. The third-order valence-corrected chi connectivity index (χ3v) is 5.71. The van der Waals surface area contributed by atoms with E-state index in [0.717, 1.165) is 12.5 Å². The van der Waals surface area contributed by atoms with Crippen LogP contribution in [0, 0.1) is 5.92 Å². The first kappa shape index (κ1) is 12.1. The molecule has 2 nitrogen and oxygen atoms in total. The number of hydrogen-bond donors (Lipinski definition) is 1. The van der Waals surface area contributed by atoms with Crippen LogP contribution in [0.1, 0.15) is 12.8 Å². The summed E-state index contributed by atoms with van der Waals surface area (Å²) in [4.78, 5) is 2.66. The van der Waals surface area contributed by atoms with E-state index in [2.05, 4.69) is 28.4 Å². The molecule has 2 atom stereocenters. The van der Waals surface area contributed by atoms with Crippen LogP contribution in [0.15, 0.2) is 0 Å². The molecule has 0 bridgehead atoms. The van der Waals surface area contributed by atoms with Crippen LogP contribution in [-0.2, 0) is 0 Å². The maximum absolute atomic E-state index is 5.98. The molecular formula is C11H22N2S2. The summed E-state index contributed by atoms with van der Waals surface area (Å²) in [6, 6.07) is 0.665. The molecule has 0 aromatic carbocycles. The van der Waals surface area contributed by atoms with Crippen molar-refractivity contribution in [1.82, 2.24) is 4.90 Å². The van der Waals surface area contributed by atoms with E-state index in [0.29, 0.717) is 6.04 Å². The summed E-state index contributed by atoms with van der Waals surface area (Å²) in [5.41, 5.74) is 5.98. The molecule has 4 heteroatoms. The lowest BCUT2D eigenvalue weighted by Crippen LogP contribution is -2.46. The van der Waals surface area contributed by atoms with Crippen LogP contribution in [0.2, 0.25) is 0 Å². The first-order chi connectivity index (χ1) is 7.42. The zero-order valence-electron chi connectivity index (χ0n) is 9.36. The summed E-state index contributed by atoms with van der Waals surface area (Å²) < 4.78 is 0. The molecule has 2 saturated heterocycles. The molecular weight excluding hydrogens is 224 g/mol. The van der Waals surface area contributed by atoms with Gasteiger partial charge < -0.3 is 5.73 Å². The molecule has 0 amide bonds. The highest BCUT2D eigenvalue weighted by atomic mass is 32.2. The highest BCUT2D eigenvalue weighted by Gasteiger charge is 2.29. The summed E-state index contributed by atoms with van der Waals surface area (Å²) in [6.07, 6.45) is 2.73. The molecule has 2 N–H and O–H groups in total. The number of nitrogens with zero attached hydrogens (tertiary/aromatic N) is 1. The van der Waals surface area contributed by atoms with E-state index < -0.39 is 0 Å². The SMILES string of the molecule is NCC(C1CCSC1)N1CCCSCC1. The van der Waals surface area contributed by atoms with Crippen molar-refractivity contribution >= 4 is 23.5 Å². The van der Waals surface area contributed by atoms with Crippen molar-refractivity contribution in [3.8, 4) is 0 Å². The van der Waals surface area contributed by atoms with Gasteiger partial charge in [0.2, 0.25) is 0 Å². The normalized spacial score (nSPS) is 31.4. The first-order valence-electron chi connectivity index (χ1n) is 6.01. The number of nitrogens with two attached hydrogens (primary N) is 1. The molecule has 0 aromatic rings. The van der Waals surface area contributed by atoms with Crippen LogP contribution in [0.25, 0.3) is 0 Å². The van der Waals surface area contributed by atoms with E-state index >= 15 is 0 Å². The fourth-order valence-electron chi connectivity index (χ4n) is 2.59. The van der Waals surface area contributed by atoms with Gasteiger partial charge in [-0.05, 0) is 42.6 Å².